The highest BCUT2D eigenvalue weighted by Crippen LogP contribution is 2.18. The maximum atomic E-state index is 13.1. The van der Waals surface area contributed by atoms with Crippen LogP contribution in [0.3, 0.4) is 0 Å². The van der Waals surface area contributed by atoms with Crippen LogP contribution in [0.25, 0.3) is 5.69 Å². The summed E-state index contributed by atoms with van der Waals surface area (Å²) < 4.78 is 14.6. The van der Waals surface area contributed by atoms with Gasteiger partial charge in [-0.15, -0.1) is 0 Å². The Morgan fingerprint density at radius 3 is 2.54 bits per heavy atom. The molecule has 0 aliphatic heterocycles. The maximum Gasteiger partial charge on any atom is 0.312 e. The minimum absolute atomic E-state index is 0.0551. The first-order chi connectivity index (χ1) is 13.3. The molecule has 0 radical (unpaired) electrons. The lowest BCUT2D eigenvalue weighted by molar-refractivity contribution is -0.138. The number of halogens is 1. The van der Waals surface area contributed by atoms with Crippen molar-refractivity contribution in [1.29, 1.82) is 0 Å². The molecule has 1 atom stereocenters. The lowest BCUT2D eigenvalue weighted by Crippen LogP contribution is -2.32. The van der Waals surface area contributed by atoms with E-state index in [0.717, 1.165) is 5.56 Å². The Balaban J connectivity index is 1.75. The number of benzene rings is 2. The summed E-state index contributed by atoms with van der Waals surface area (Å²) in [6.45, 7) is 3.56. The van der Waals surface area contributed by atoms with Crippen LogP contribution in [0.1, 0.15) is 33.1 Å². The van der Waals surface area contributed by atoms with Crippen LogP contribution in [-0.4, -0.2) is 33.3 Å². The van der Waals surface area contributed by atoms with Crippen molar-refractivity contribution in [1.82, 2.24) is 15.1 Å². The Hall–Kier alpha value is -3.48. The van der Waals surface area contributed by atoms with Gasteiger partial charge in [-0.2, -0.15) is 5.10 Å². The minimum atomic E-state index is -1.01. The van der Waals surface area contributed by atoms with Gasteiger partial charge in [0.2, 0.25) is 0 Å². The van der Waals surface area contributed by atoms with Gasteiger partial charge >= 0.3 is 5.97 Å². The molecule has 2 aromatic carbocycles. The first-order valence-corrected chi connectivity index (χ1v) is 8.75. The predicted octanol–water partition coefficient (Wildman–Crippen LogP) is 3.23. The van der Waals surface area contributed by atoms with Gasteiger partial charge < -0.3 is 10.4 Å². The quantitative estimate of drug-likeness (QED) is 0.687. The number of aliphatic carboxylic acids is 1. The largest absolute Gasteiger partial charge is 0.481 e. The molecule has 0 fully saturated rings. The number of aryl methyl sites for hydroxylation is 2. The molecule has 0 aliphatic carbocycles. The third-order valence-corrected chi connectivity index (χ3v) is 4.41. The van der Waals surface area contributed by atoms with E-state index in [9.17, 15) is 19.1 Å². The first-order valence-electron chi connectivity index (χ1n) is 8.75. The predicted molar refractivity (Wildman–Crippen MR) is 102 cm³/mol. The molecule has 144 valence electrons. The highest BCUT2D eigenvalue weighted by atomic mass is 19.1. The van der Waals surface area contributed by atoms with Crippen molar-refractivity contribution in [2.45, 2.75) is 19.8 Å². The fourth-order valence-electron chi connectivity index (χ4n) is 2.92. The molecule has 7 heteroatoms. The van der Waals surface area contributed by atoms with E-state index >= 15 is 0 Å². The maximum absolute atomic E-state index is 13.1. The van der Waals surface area contributed by atoms with E-state index in [-0.39, 0.29) is 18.1 Å². The van der Waals surface area contributed by atoms with Crippen molar-refractivity contribution in [3.63, 3.8) is 0 Å². The van der Waals surface area contributed by atoms with Crippen LogP contribution in [0.2, 0.25) is 0 Å². The summed E-state index contributed by atoms with van der Waals surface area (Å²) in [5.41, 5.74) is 3.01. The summed E-state index contributed by atoms with van der Waals surface area (Å²) in [7, 11) is 0. The molecule has 1 amide bonds. The van der Waals surface area contributed by atoms with Crippen molar-refractivity contribution in [2.75, 3.05) is 6.54 Å². The van der Waals surface area contributed by atoms with E-state index in [1.807, 2.05) is 13.0 Å². The lowest BCUT2D eigenvalue weighted by atomic mass is 9.97. The lowest BCUT2D eigenvalue weighted by Gasteiger charge is -2.14. The van der Waals surface area contributed by atoms with E-state index in [1.165, 1.54) is 16.8 Å². The van der Waals surface area contributed by atoms with Crippen molar-refractivity contribution < 1.29 is 19.1 Å². The number of rotatable bonds is 6. The van der Waals surface area contributed by atoms with E-state index in [0.29, 0.717) is 16.8 Å². The Labute approximate surface area is 161 Å². The summed E-state index contributed by atoms with van der Waals surface area (Å²) >= 11 is 0. The number of amides is 1. The smallest absolute Gasteiger partial charge is 0.312 e. The van der Waals surface area contributed by atoms with Crippen LogP contribution < -0.4 is 5.32 Å². The molecule has 1 heterocycles. The standard InChI is InChI=1S/C21H20FN3O3/c1-13-4-3-5-15(10-13)18(21(27)28)11-23-20(26)19-14(2)12-25(24-19)17-8-6-16(22)7-9-17/h3-10,12,18H,11H2,1-2H3,(H,23,26)(H,27,28). The monoisotopic (exact) mass is 381 g/mol. The second-order valence-electron chi connectivity index (χ2n) is 6.60. The Bertz CT molecular complexity index is 1010. The molecule has 2 N–H and O–H groups in total. The Morgan fingerprint density at radius 1 is 1.18 bits per heavy atom. The minimum Gasteiger partial charge on any atom is -0.481 e. The number of carboxylic acids is 1. The van der Waals surface area contributed by atoms with Gasteiger partial charge in [-0.25, -0.2) is 9.07 Å². The topological polar surface area (TPSA) is 84.2 Å². The fourth-order valence-corrected chi connectivity index (χ4v) is 2.92. The van der Waals surface area contributed by atoms with Gasteiger partial charge in [-0.1, -0.05) is 29.8 Å². The molecular formula is C21H20FN3O3. The third-order valence-electron chi connectivity index (χ3n) is 4.41. The SMILES string of the molecule is Cc1cccc(C(CNC(=O)c2nn(-c3ccc(F)cc3)cc2C)C(=O)O)c1. The van der Waals surface area contributed by atoms with Crippen LogP contribution in [-0.2, 0) is 4.79 Å². The summed E-state index contributed by atoms with van der Waals surface area (Å²) in [5.74, 6) is -2.69. The Kier molecular flexibility index (Phi) is 5.54. The number of hydrogen-bond donors (Lipinski definition) is 2. The number of carbonyl (C=O) groups is 2. The number of aromatic nitrogens is 2. The number of carbonyl (C=O) groups excluding carboxylic acids is 1. The normalized spacial score (nSPS) is 11.8. The summed E-state index contributed by atoms with van der Waals surface area (Å²) in [6, 6.07) is 12.9. The molecule has 0 bridgehead atoms. The van der Waals surface area contributed by atoms with E-state index in [1.54, 1.807) is 43.5 Å². The van der Waals surface area contributed by atoms with Crippen LogP contribution in [0, 0.1) is 19.7 Å². The zero-order valence-corrected chi connectivity index (χ0v) is 15.5. The third kappa shape index (κ3) is 4.25. The van der Waals surface area contributed by atoms with Gasteiger partial charge in [-0.05, 0) is 43.7 Å². The second kappa shape index (κ2) is 8.04. The molecule has 0 saturated carbocycles. The molecule has 3 aromatic rings. The second-order valence-corrected chi connectivity index (χ2v) is 6.60. The summed E-state index contributed by atoms with van der Waals surface area (Å²) in [6.07, 6.45) is 1.66. The molecule has 3 rings (SSSR count). The number of carboxylic acid groups (broad SMARTS) is 1. The van der Waals surface area contributed by atoms with E-state index in [4.69, 9.17) is 0 Å². The van der Waals surface area contributed by atoms with Gasteiger partial charge in [0.05, 0.1) is 11.6 Å². The zero-order valence-electron chi connectivity index (χ0n) is 15.5. The molecule has 1 aromatic heterocycles. The van der Waals surface area contributed by atoms with Crippen LogP contribution >= 0.6 is 0 Å². The number of nitrogens with one attached hydrogen (secondary N) is 1. The molecule has 28 heavy (non-hydrogen) atoms. The van der Waals surface area contributed by atoms with Crippen molar-refractivity contribution >= 4 is 11.9 Å². The first kappa shape index (κ1) is 19.3. The van der Waals surface area contributed by atoms with E-state index < -0.39 is 17.8 Å². The van der Waals surface area contributed by atoms with Crippen molar-refractivity contribution in [3.8, 4) is 5.69 Å². The van der Waals surface area contributed by atoms with Crippen LogP contribution in [0.15, 0.2) is 54.7 Å². The molecule has 0 spiro atoms. The average Bonchev–Trinajstić information content (AvgIpc) is 3.04. The molecule has 0 aliphatic rings. The average molecular weight is 381 g/mol. The van der Waals surface area contributed by atoms with Crippen LogP contribution in [0.4, 0.5) is 4.39 Å². The van der Waals surface area contributed by atoms with Crippen molar-refractivity contribution in [3.05, 3.63) is 82.9 Å². The van der Waals surface area contributed by atoms with Gasteiger partial charge in [-0.3, -0.25) is 9.59 Å². The van der Waals surface area contributed by atoms with Gasteiger partial charge in [0.25, 0.3) is 5.91 Å². The molecule has 1 unspecified atom stereocenters. The summed E-state index contributed by atoms with van der Waals surface area (Å²) in [5, 5.41) is 16.4. The number of nitrogens with zero attached hydrogens (tertiary/aromatic N) is 2. The highest BCUT2D eigenvalue weighted by molar-refractivity contribution is 5.94. The molecular weight excluding hydrogens is 361 g/mol. The molecule has 0 saturated heterocycles. The zero-order chi connectivity index (χ0) is 20.3. The van der Waals surface area contributed by atoms with Crippen LogP contribution in [0.5, 0.6) is 0 Å². The molecule has 6 nitrogen and oxygen atoms in total. The highest BCUT2D eigenvalue weighted by Gasteiger charge is 2.22. The van der Waals surface area contributed by atoms with Gasteiger partial charge in [0, 0.05) is 18.3 Å². The summed E-state index contributed by atoms with van der Waals surface area (Å²) in [4.78, 5) is 24.2. The van der Waals surface area contributed by atoms with E-state index in [2.05, 4.69) is 10.4 Å². The van der Waals surface area contributed by atoms with Gasteiger partial charge in [0.1, 0.15) is 5.82 Å². The fraction of sp³-hybridized carbons (Fsp3) is 0.190. The number of hydrogen-bond acceptors (Lipinski definition) is 3. The van der Waals surface area contributed by atoms with Crippen molar-refractivity contribution in [2.24, 2.45) is 0 Å². The van der Waals surface area contributed by atoms with Gasteiger partial charge in [0.15, 0.2) is 5.69 Å². The Morgan fingerprint density at radius 2 is 1.89 bits per heavy atom.